The molecule has 3 N–H and O–H groups in total. The van der Waals surface area contributed by atoms with Crippen LogP contribution in [0.5, 0.6) is 0 Å². The third kappa shape index (κ3) is 3.10. The highest BCUT2D eigenvalue weighted by atomic mass is 19.3. The number of nitrogens with one attached hydrogen (secondary N) is 1. The molecule has 0 saturated heterocycles. The predicted molar refractivity (Wildman–Crippen MR) is 55.6 cm³/mol. The quantitative estimate of drug-likeness (QED) is 0.757. The Hall–Kier alpha value is -1.76. The van der Waals surface area contributed by atoms with Crippen molar-refractivity contribution < 1.29 is 18.3 Å². The summed E-state index contributed by atoms with van der Waals surface area (Å²) in [7, 11) is 1.15. The zero-order valence-corrected chi connectivity index (χ0v) is 9.13. The number of aromatic nitrogens is 1. The molecule has 0 amide bonds. The summed E-state index contributed by atoms with van der Waals surface area (Å²) in [6, 6.07) is 1.10. The Morgan fingerprint density at radius 3 is 2.71 bits per heavy atom. The third-order valence-corrected chi connectivity index (χ3v) is 2.26. The number of rotatable bonds is 4. The van der Waals surface area contributed by atoms with Crippen molar-refractivity contribution in [3.05, 3.63) is 33.2 Å². The first-order valence-electron chi connectivity index (χ1n) is 4.79. The van der Waals surface area contributed by atoms with Gasteiger partial charge in [-0.3, -0.25) is 9.59 Å². The number of aromatic amines is 1. The van der Waals surface area contributed by atoms with Crippen LogP contribution in [0.4, 0.5) is 8.78 Å². The number of halogens is 2. The van der Waals surface area contributed by atoms with E-state index in [1.807, 2.05) is 4.98 Å². The number of ether oxygens (including phenoxy) is 1. The topological polar surface area (TPSA) is 85.2 Å². The lowest BCUT2D eigenvalue weighted by molar-refractivity contribution is -0.139. The number of H-pyrrole nitrogens is 1. The summed E-state index contributed by atoms with van der Waals surface area (Å²) in [5, 5.41) is 0. The van der Waals surface area contributed by atoms with Crippen LogP contribution in [0.15, 0.2) is 10.9 Å². The maximum Gasteiger partial charge on any atom is 0.310 e. The summed E-state index contributed by atoms with van der Waals surface area (Å²) in [4.78, 5) is 24.2. The number of hydrogen-bond donors (Lipinski definition) is 2. The Morgan fingerprint density at radius 1 is 1.59 bits per heavy atom. The Morgan fingerprint density at radius 2 is 2.24 bits per heavy atom. The molecule has 0 saturated carbocycles. The van der Waals surface area contributed by atoms with Crippen molar-refractivity contribution >= 4 is 5.97 Å². The van der Waals surface area contributed by atoms with Crippen LogP contribution in [0.25, 0.3) is 0 Å². The summed E-state index contributed by atoms with van der Waals surface area (Å²) < 4.78 is 29.8. The first-order valence-corrected chi connectivity index (χ1v) is 4.79. The lowest BCUT2D eigenvalue weighted by Gasteiger charge is -2.11. The smallest absolute Gasteiger partial charge is 0.310 e. The number of carbonyl (C=O) groups excluding carboxylic acids is 1. The molecule has 0 aliphatic carbocycles. The van der Waals surface area contributed by atoms with Gasteiger partial charge in [-0.1, -0.05) is 0 Å². The fourth-order valence-corrected chi connectivity index (χ4v) is 1.46. The first kappa shape index (κ1) is 13.3. The molecular formula is C10H12F2N2O3. The zero-order valence-electron chi connectivity index (χ0n) is 9.13. The van der Waals surface area contributed by atoms with E-state index in [9.17, 15) is 18.4 Å². The average molecular weight is 246 g/mol. The molecule has 0 aliphatic heterocycles. The van der Waals surface area contributed by atoms with Gasteiger partial charge in [0.25, 0.3) is 6.43 Å². The molecule has 5 nitrogen and oxygen atoms in total. The molecule has 0 radical (unpaired) electrons. The predicted octanol–water partition coefficient (Wildman–Crippen LogP) is 0.487. The Labute approximate surface area is 95.6 Å². The minimum Gasteiger partial charge on any atom is -0.469 e. The molecular weight excluding hydrogens is 234 g/mol. The van der Waals surface area contributed by atoms with Gasteiger partial charge in [0.2, 0.25) is 5.56 Å². The minimum absolute atomic E-state index is 0.0222. The van der Waals surface area contributed by atoms with Gasteiger partial charge in [0.05, 0.1) is 19.2 Å². The van der Waals surface area contributed by atoms with Gasteiger partial charge in [0.1, 0.15) is 0 Å². The zero-order chi connectivity index (χ0) is 13.0. The highest BCUT2D eigenvalue weighted by molar-refractivity contribution is 5.73. The van der Waals surface area contributed by atoms with Gasteiger partial charge in [0, 0.05) is 12.6 Å². The van der Waals surface area contributed by atoms with Gasteiger partial charge < -0.3 is 15.5 Å². The van der Waals surface area contributed by atoms with Crippen LogP contribution in [0.1, 0.15) is 23.2 Å². The van der Waals surface area contributed by atoms with Crippen molar-refractivity contribution in [2.24, 2.45) is 5.73 Å². The maximum atomic E-state index is 12.7. The van der Waals surface area contributed by atoms with Gasteiger partial charge in [-0.2, -0.15) is 0 Å². The van der Waals surface area contributed by atoms with E-state index in [2.05, 4.69) is 4.74 Å². The largest absolute Gasteiger partial charge is 0.469 e. The van der Waals surface area contributed by atoms with Crippen molar-refractivity contribution in [3.63, 3.8) is 0 Å². The fourth-order valence-electron chi connectivity index (χ4n) is 1.46. The summed E-state index contributed by atoms with van der Waals surface area (Å²) in [5.41, 5.74) is 4.34. The standard InChI is InChI=1S/C10H12F2N2O3/c1-17-8(16)3-6-5(4-13)2-7(15)14-9(6)10(11)12/h2,10H,3-4,13H2,1H3,(H,14,15). The SMILES string of the molecule is COC(=O)Cc1c(CN)cc(=O)[nH]c1C(F)F. The number of carbonyl (C=O) groups is 1. The number of pyridine rings is 1. The lowest BCUT2D eigenvalue weighted by Crippen LogP contribution is -2.19. The molecule has 0 fully saturated rings. The minimum atomic E-state index is -2.88. The normalized spacial score (nSPS) is 10.6. The summed E-state index contributed by atoms with van der Waals surface area (Å²) >= 11 is 0. The van der Waals surface area contributed by atoms with Gasteiger partial charge in [0.15, 0.2) is 0 Å². The molecule has 0 aromatic carbocycles. The Bertz CT molecular complexity index is 471. The molecule has 0 spiro atoms. The van der Waals surface area contributed by atoms with Crippen molar-refractivity contribution in [2.45, 2.75) is 19.4 Å². The van der Waals surface area contributed by atoms with Gasteiger partial charge in [-0.25, -0.2) is 8.78 Å². The van der Waals surface area contributed by atoms with Gasteiger partial charge in [-0.05, 0) is 11.1 Å². The molecule has 7 heteroatoms. The van der Waals surface area contributed by atoms with E-state index in [0.717, 1.165) is 13.2 Å². The van der Waals surface area contributed by atoms with Crippen molar-refractivity contribution in [3.8, 4) is 0 Å². The van der Waals surface area contributed by atoms with Crippen LogP contribution < -0.4 is 11.3 Å². The number of hydrogen-bond acceptors (Lipinski definition) is 4. The maximum absolute atomic E-state index is 12.7. The first-order chi connectivity index (χ1) is 7.99. The molecule has 0 bridgehead atoms. The van der Waals surface area contributed by atoms with Crippen LogP contribution in [0, 0.1) is 0 Å². The van der Waals surface area contributed by atoms with Crippen LogP contribution >= 0.6 is 0 Å². The average Bonchev–Trinajstić information content (AvgIpc) is 2.30. The number of nitrogens with two attached hydrogens (primary N) is 1. The highest BCUT2D eigenvalue weighted by Crippen LogP contribution is 2.22. The highest BCUT2D eigenvalue weighted by Gasteiger charge is 2.20. The van der Waals surface area contributed by atoms with E-state index in [4.69, 9.17) is 5.73 Å². The second-order valence-electron chi connectivity index (χ2n) is 3.31. The van der Waals surface area contributed by atoms with E-state index < -0.39 is 23.6 Å². The lowest BCUT2D eigenvalue weighted by atomic mass is 10.0. The third-order valence-electron chi connectivity index (χ3n) is 2.26. The van der Waals surface area contributed by atoms with E-state index >= 15 is 0 Å². The van der Waals surface area contributed by atoms with Crippen molar-refractivity contribution in [2.75, 3.05) is 7.11 Å². The molecule has 1 aromatic heterocycles. The molecule has 1 aromatic rings. The Balaban J connectivity index is 3.31. The van der Waals surface area contributed by atoms with Crippen molar-refractivity contribution in [1.29, 1.82) is 0 Å². The molecule has 1 heterocycles. The van der Waals surface area contributed by atoms with Gasteiger partial charge in [-0.15, -0.1) is 0 Å². The van der Waals surface area contributed by atoms with Gasteiger partial charge >= 0.3 is 5.97 Å². The fraction of sp³-hybridized carbons (Fsp3) is 0.400. The monoisotopic (exact) mass is 246 g/mol. The summed E-state index contributed by atoms with van der Waals surface area (Å²) in [6.45, 7) is -0.101. The van der Waals surface area contributed by atoms with E-state index in [0.29, 0.717) is 0 Å². The van der Waals surface area contributed by atoms with E-state index in [1.54, 1.807) is 0 Å². The molecule has 94 valence electrons. The molecule has 17 heavy (non-hydrogen) atoms. The summed E-state index contributed by atoms with van der Waals surface area (Å²) in [6.07, 6.45) is -3.23. The Kier molecular flexibility index (Phi) is 4.33. The van der Waals surface area contributed by atoms with E-state index in [1.165, 1.54) is 0 Å². The van der Waals surface area contributed by atoms with Crippen LogP contribution in [-0.2, 0) is 22.5 Å². The van der Waals surface area contributed by atoms with Crippen LogP contribution in [-0.4, -0.2) is 18.1 Å². The number of esters is 1. The van der Waals surface area contributed by atoms with Crippen LogP contribution in [0.2, 0.25) is 0 Å². The number of alkyl halides is 2. The second-order valence-corrected chi connectivity index (χ2v) is 3.31. The molecule has 0 atom stereocenters. The molecule has 1 rings (SSSR count). The summed E-state index contributed by atoms with van der Waals surface area (Å²) in [5.74, 6) is -0.673. The van der Waals surface area contributed by atoms with E-state index in [-0.39, 0.29) is 24.1 Å². The molecule has 0 unspecified atom stereocenters. The number of methoxy groups -OCH3 is 1. The second kappa shape index (κ2) is 5.53. The van der Waals surface area contributed by atoms with Crippen molar-refractivity contribution in [1.82, 2.24) is 4.98 Å². The molecule has 0 aliphatic rings. The van der Waals surface area contributed by atoms with Crippen LogP contribution in [0.3, 0.4) is 0 Å².